The van der Waals surface area contributed by atoms with E-state index in [9.17, 15) is 9.18 Å². The third-order valence-corrected chi connectivity index (χ3v) is 2.68. The van der Waals surface area contributed by atoms with Crippen LogP contribution >= 0.6 is 0 Å². The molecule has 0 saturated heterocycles. The van der Waals surface area contributed by atoms with E-state index in [2.05, 4.69) is 0 Å². The molecule has 100 valence electrons. The minimum atomic E-state index is -1.06. The number of benzene rings is 1. The van der Waals surface area contributed by atoms with Gasteiger partial charge in [0.15, 0.2) is 6.10 Å². The number of halogens is 1. The number of ether oxygens (including phenoxy) is 1. The molecule has 0 spiro atoms. The van der Waals surface area contributed by atoms with Crippen molar-refractivity contribution >= 4 is 5.97 Å². The third-order valence-electron chi connectivity index (χ3n) is 2.68. The predicted molar refractivity (Wildman–Crippen MR) is 66.1 cm³/mol. The number of carboxylic acid groups (broad SMARTS) is 1. The quantitative estimate of drug-likeness (QED) is 0.815. The van der Waals surface area contributed by atoms with Gasteiger partial charge in [0, 0.05) is 6.04 Å². The van der Waals surface area contributed by atoms with Gasteiger partial charge in [0.25, 0.3) is 0 Å². The summed E-state index contributed by atoms with van der Waals surface area (Å²) in [5.41, 5.74) is 6.42. The second kappa shape index (κ2) is 6.35. The Morgan fingerprint density at radius 2 is 2.22 bits per heavy atom. The van der Waals surface area contributed by atoms with Gasteiger partial charge in [-0.1, -0.05) is 6.92 Å². The summed E-state index contributed by atoms with van der Waals surface area (Å²) in [5.74, 6) is -1.08. The van der Waals surface area contributed by atoms with Crippen molar-refractivity contribution < 1.29 is 19.0 Å². The highest BCUT2D eigenvalue weighted by molar-refractivity contribution is 5.72. The lowest BCUT2D eigenvalue weighted by atomic mass is 10.0. The van der Waals surface area contributed by atoms with Crippen LogP contribution in [-0.2, 0) is 11.2 Å². The van der Waals surface area contributed by atoms with Crippen molar-refractivity contribution in [3.8, 4) is 5.75 Å². The van der Waals surface area contributed by atoms with E-state index in [4.69, 9.17) is 15.6 Å². The number of carbonyl (C=O) groups is 1. The topological polar surface area (TPSA) is 72.5 Å². The van der Waals surface area contributed by atoms with Crippen molar-refractivity contribution in [3.63, 3.8) is 0 Å². The van der Waals surface area contributed by atoms with Gasteiger partial charge in [-0.3, -0.25) is 0 Å². The van der Waals surface area contributed by atoms with Gasteiger partial charge in [-0.05, 0) is 43.5 Å². The van der Waals surface area contributed by atoms with Crippen LogP contribution in [0.3, 0.4) is 0 Å². The Morgan fingerprint density at radius 1 is 1.56 bits per heavy atom. The minimum absolute atomic E-state index is 0.103. The van der Waals surface area contributed by atoms with Crippen LogP contribution in [0.25, 0.3) is 0 Å². The van der Waals surface area contributed by atoms with Crippen LogP contribution in [0.5, 0.6) is 5.75 Å². The molecule has 0 fully saturated rings. The number of hydrogen-bond donors (Lipinski definition) is 2. The van der Waals surface area contributed by atoms with E-state index in [1.807, 2.05) is 6.92 Å². The second-order valence-electron chi connectivity index (χ2n) is 4.22. The Bertz CT molecular complexity index is 423. The van der Waals surface area contributed by atoms with Crippen LogP contribution in [0.1, 0.15) is 25.8 Å². The van der Waals surface area contributed by atoms with E-state index in [1.165, 1.54) is 25.1 Å². The Balaban J connectivity index is 2.92. The summed E-state index contributed by atoms with van der Waals surface area (Å²) in [6.45, 7) is 3.36. The third kappa shape index (κ3) is 4.00. The van der Waals surface area contributed by atoms with Gasteiger partial charge in [0.05, 0.1) is 0 Å². The lowest BCUT2D eigenvalue weighted by Crippen LogP contribution is -2.25. The number of carboxylic acids is 1. The lowest BCUT2D eigenvalue weighted by molar-refractivity contribution is -0.144. The highest BCUT2D eigenvalue weighted by atomic mass is 19.1. The maximum Gasteiger partial charge on any atom is 0.344 e. The summed E-state index contributed by atoms with van der Waals surface area (Å²) in [7, 11) is 0. The van der Waals surface area contributed by atoms with Gasteiger partial charge in [-0.15, -0.1) is 0 Å². The van der Waals surface area contributed by atoms with Gasteiger partial charge < -0.3 is 15.6 Å². The van der Waals surface area contributed by atoms with Gasteiger partial charge in [0.2, 0.25) is 0 Å². The molecule has 4 nitrogen and oxygen atoms in total. The van der Waals surface area contributed by atoms with Crippen LogP contribution in [0.4, 0.5) is 4.39 Å². The van der Waals surface area contributed by atoms with Crippen molar-refractivity contribution in [3.05, 3.63) is 29.6 Å². The molecule has 18 heavy (non-hydrogen) atoms. The fourth-order valence-corrected chi connectivity index (χ4v) is 1.49. The largest absolute Gasteiger partial charge is 0.479 e. The molecule has 3 N–H and O–H groups in total. The molecular formula is C13H18FNO3. The molecule has 0 heterocycles. The Labute approximate surface area is 106 Å². The Kier molecular flexibility index (Phi) is 5.09. The SMILES string of the molecule is CCC(N)Cc1cc(F)ccc1OC(C)C(=O)O. The molecule has 2 atom stereocenters. The van der Waals surface area contributed by atoms with Crippen LogP contribution in [0.15, 0.2) is 18.2 Å². The molecule has 0 radical (unpaired) electrons. The summed E-state index contributed by atoms with van der Waals surface area (Å²) >= 11 is 0. The predicted octanol–water partition coefficient (Wildman–Crippen LogP) is 1.96. The minimum Gasteiger partial charge on any atom is -0.479 e. The molecule has 0 aromatic heterocycles. The van der Waals surface area contributed by atoms with Crippen LogP contribution < -0.4 is 10.5 Å². The number of nitrogens with two attached hydrogens (primary N) is 1. The molecule has 0 saturated carbocycles. The van der Waals surface area contributed by atoms with Crippen LogP contribution in [-0.4, -0.2) is 23.2 Å². The highest BCUT2D eigenvalue weighted by Gasteiger charge is 2.16. The maximum atomic E-state index is 13.2. The first-order valence-electron chi connectivity index (χ1n) is 5.87. The molecule has 1 rings (SSSR count). The highest BCUT2D eigenvalue weighted by Crippen LogP contribution is 2.22. The maximum absolute atomic E-state index is 13.2. The average molecular weight is 255 g/mol. The van der Waals surface area contributed by atoms with E-state index in [1.54, 1.807) is 0 Å². The van der Waals surface area contributed by atoms with Gasteiger partial charge in [-0.25, -0.2) is 9.18 Å². The smallest absolute Gasteiger partial charge is 0.344 e. The zero-order valence-corrected chi connectivity index (χ0v) is 10.5. The molecule has 0 bridgehead atoms. The van der Waals surface area contributed by atoms with E-state index in [0.29, 0.717) is 17.7 Å². The Morgan fingerprint density at radius 3 is 2.78 bits per heavy atom. The second-order valence-corrected chi connectivity index (χ2v) is 4.22. The molecule has 0 aliphatic heterocycles. The molecule has 5 heteroatoms. The summed E-state index contributed by atoms with van der Waals surface area (Å²) in [6, 6.07) is 3.91. The fraction of sp³-hybridized carbons (Fsp3) is 0.462. The van der Waals surface area contributed by atoms with Crippen LogP contribution in [0, 0.1) is 5.82 Å². The van der Waals surface area contributed by atoms with Gasteiger partial charge in [0.1, 0.15) is 11.6 Å². The molecule has 0 aliphatic carbocycles. The molecule has 2 unspecified atom stereocenters. The van der Waals surface area contributed by atoms with Crippen LogP contribution in [0.2, 0.25) is 0 Å². The number of rotatable bonds is 6. The van der Waals surface area contributed by atoms with Crippen molar-refractivity contribution in [1.29, 1.82) is 0 Å². The van der Waals surface area contributed by atoms with Crippen molar-refractivity contribution in [2.75, 3.05) is 0 Å². The first kappa shape index (κ1) is 14.4. The van der Waals surface area contributed by atoms with Crippen molar-refractivity contribution in [2.45, 2.75) is 38.8 Å². The lowest BCUT2D eigenvalue weighted by Gasteiger charge is -2.16. The summed E-state index contributed by atoms with van der Waals surface area (Å²) in [4.78, 5) is 10.7. The first-order valence-corrected chi connectivity index (χ1v) is 5.87. The molecule has 0 aliphatic rings. The Hall–Kier alpha value is -1.62. The zero-order chi connectivity index (χ0) is 13.7. The molecule has 0 amide bonds. The molecular weight excluding hydrogens is 237 g/mol. The fourth-order valence-electron chi connectivity index (χ4n) is 1.49. The van der Waals surface area contributed by atoms with E-state index in [0.717, 1.165) is 6.42 Å². The summed E-state index contributed by atoms with van der Waals surface area (Å²) in [6.07, 6.45) is 0.229. The van der Waals surface area contributed by atoms with E-state index < -0.39 is 12.1 Å². The summed E-state index contributed by atoms with van der Waals surface area (Å²) < 4.78 is 18.5. The summed E-state index contributed by atoms with van der Waals surface area (Å²) in [5, 5.41) is 8.79. The van der Waals surface area contributed by atoms with Crippen molar-refractivity contribution in [1.82, 2.24) is 0 Å². The number of aliphatic carboxylic acids is 1. The van der Waals surface area contributed by atoms with Crippen molar-refractivity contribution in [2.24, 2.45) is 5.73 Å². The van der Waals surface area contributed by atoms with Gasteiger partial charge >= 0.3 is 5.97 Å². The van der Waals surface area contributed by atoms with E-state index in [-0.39, 0.29) is 11.9 Å². The average Bonchev–Trinajstić information content (AvgIpc) is 2.32. The van der Waals surface area contributed by atoms with E-state index >= 15 is 0 Å². The first-order chi connectivity index (χ1) is 8.43. The standard InChI is InChI=1S/C13H18FNO3/c1-3-11(15)7-9-6-10(14)4-5-12(9)18-8(2)13(16)17/h4-6,8,11H,3,7,15H2,1-2H3,(H,16,17). The molecule has 1 aromatic carbocycles. The van der Waals surface area contributed by atoms with Gasteiger partial charge in [-0.2, -0.15) is 0 Å². The zero-order valence-electron chi connectivity index (χ0n) is 10.5. The number of hydrogen-bond acceptors (Lipinski definition) is 3. The molecule has 1 aromatic rings. The normalized spacial score (nSPS) is 14.0. The monoisotopic (exact) mass is 255 g/mol.